The molecule has 3 rings (SSSR count). The topological polar surface area (TPSA) is 121 Å². The van der Waals surface area contributed by atoms with Gasteiger partial charge in [-0.15, -0.1) is 12.4 Å². The van der Waals surface area contributed by atoms with Crippen LogP contribution in [0.4, 0.5) is 10.5 Å². The standard InChI is InChI=1S/C24H29ClN4O6S.ClH/c1-15-18-13-20(25)22(35-24(31)28(3)4)14-21(18)34-23(30)19(15)12-16-7-6-8-17(11-16)27-36(32,33)29(5)10-9-26-2;/h6-8,11,13-14,26-27H,9-10,12H2,1-5H3;1H. The number of ether oxygens (including phenoxy) is 1. The van der Waals surface area contributed by atoms with Crippen LogP contribution in [-0.4, -0.2) is 65.0 Å². The summed E-state index contributed by atoms with van der Waals surface area (Å²) in [5.74, 6) is 0.0813. The number of benzene rings is 2. The van der Waals surface area contributed by atoms with Crippen molar-refractivity contribution < 1.29 is 22.4 Å². The highest BCUT2D eigenvalue weighted by Gasteiger charge is 2.19. The van der Waals surface area contributed by atoms with Crippen molar-refractivity contribution in [2.75, 3.05) is 46.0 Å². The minimum absolute atomic E-state index is 0. The number of hydrogen-bond acceptors (Lipinski definition) is 7. The maximum atomic E-state index is 12.8. The molecule has 10 nitrogen and oxygen atoms in total. The smallest absolute Gasteiger partial charge is 0.414 e. The Kier molecular flexibility index (Phi) is 10.4. The quantitative estimate of drug-likeness (QED) is 0.375. The van der Waals surface area contributed by atoms with Gasteiger partial charge in [0.25, 0.3) is 0 Å². The molecule has 1 aromatic heterocycles. The zero-order chi connectivity index (χ0) is 26.6. The highest BCUT2D eigenvalue weighted by molar-refractivity contribution is 7.90. The van der Waals surface area contributed by atoms with Crippen LogP contribution in [0.15, 0.2) is 45.6 Å². The fourth-order valence-electron chi connectivity index (χ4n) is 3.42. The summed E-state index contributed by atoms with van der Waals surface area (Å²) in [7, 11) is 2.58. The van der Waals surface area contributed by atoms with Gasteiger partial charge in [0, 0.05) is 57.7 Å². The third-order valence-electron chi connectivity index (χ3n) is 5.54. The van der Waals surface area contributed by atoms with Crippen LogP contribution in [0.3, 0.4) is 0 Å². The van der Waals surface area contributed by atoms with Crippen molar-refractivity contribution in [3.8, 4) is 5.75 Å². The van der Waals surface area contributed by atoms with Crippen molar-refractivity contribution in [1.82, 2.24) is 14.5 Å². The molecule has 0 aliphatic carbocycles. The third-order valence-corrected chi connectivity index (χ3v) is 7.34. The molecule has 0 bridgehead atoms. The van der Waals surface area contributed by atoms with E-state index in [1.807, 2.05) is 0 Å². The lowest BCUT2D eigenvalue weighted by Crippen LogP contribution is -2.36. The van der Waals surface area contributed by atoms with Gasteiger partial charge in [-0.05, 0) is 43.3 Å². The molecular formula is C24H30Cl2N4O6S. The molecule has 0 fully saturated rings. The number of aryl methyl sites for hydroxylation is 1. The fraction of sp³-hybridized carbons (Fsp3) is 0.333. The Morgan fingerprint density at radius 1 is 1.16 bits per heavy atom. The average molecular weight is 573 g/mol. The first kappa shape index (κ1) is 30.4. The van der Waals surface area contributed by atoms with E-state index in [4.69, 9.17) is 20.8 Å². The van der Waals surface area contributed by atoms with Crippen LogP contribution in [0.2, 0.25) is 5.02 Å². The lowest BCUT2D eigenvalue weighted by atomic mass is 9.99. The zero-order valence-electron chi connectivity index (χ0n) is 21.1. The molecule has 0 unspecified atom stereocenters. The van der Waals surface area contributed by atoms with E-state index in [2.05, 4.69) is 10.0 Å². The number of amides is 1. The molecule has 0 aliphatic rings. The largest absolute Gasteiger partial charge is 0.422 e. The lowest BCUT2D eigenvalue weighted by Gasteiger charge is -2.18. The summed E-state index contributed by atoms with van der Waals surface area (Å²) >= 11 is 6.33. The first-order chi connectivity index (χ1) is 16.9. The number of halogens is 2. The molecule has 0 aliphatic heterocycles. The Morgan fingerprint density at radius 2 is 1.86 bits per heavy atom. The van der Waals surface area contributed by atoms with Gasteiger partial charge in [-0.1, -0.05) is 23.7 Å². The van der Waals surface area contributed by atoms with Gasteiger partial charge in [0.2, 0.25) is 0 Å². The Labute approximate surface area is 227 Å². The van der Waals surface area contributed by atoms with Crippen LogP contribution in [0.25, 0.3) is 11.0 Å². The lowest BCUT2D eigenvalue weighted by molar-refractivity contribution is 0.172. The van der Waals surface area contributed by atoms with E-state index >= 15 is 0 Å². The van der Waals surface area contributed by atoms with Crippen LogP contribution in [0, 0.1) is 6.92 Å². The van der Waals surface area contributed by atoms with E-state index in [1.165, 1.54) is 36.4 Å². The number of fused-ring (bicyclic) bond motifs is 1. The van der Waals surface area contributed by atoms with Gasteiger partial charge in [-0.2, -0.15) is 12.7 Å². The van der Waals surface area contributed by atoms with E-state index in [1.54, 1.807) is 44.3 Å². The SMILES string of the molecule is CNCCN(C)S(=O)(=O)Nc1cccc(Cc2c(C)c3cc(Cl)c(OC(=O)N(C)C)cc3oc2=O)c1.Cl. The van der Waals surface area contributed by atoms with Crippen molar-refractivity contribution in [2.45, 2.75) is 13.3 Å². The fourth-order valence-corrected chi connectivity index (χ4v) is 4.54. The number of carbonyl (C=O) groups excluding carboxylic acids is 1. The molecular weight excluding hydrogens is 543 g/mol. The number of nitrogens with zero attached hydrogens (tertiary/aromatic N) is 2. The molecule has 3 aromatic rings. The molecule has 0 saturated heterocycles. The Balaban J connectivity index is 0.00000481. The molecule has 13 heteroatoms. The molecule has 0 spiro atoms. The molecule has 2 aromatic carbocycles. The number of anilines is 1. The van der Waals surface area contributed by atoms with E-state index < -0.39 is 21.9 Å². The average Bonchev–Trinajstić information content (AvgIpc) is 2.81. The van der Waals surface area contributed by atoms with E-state index in [0.29, 0.717) is 40.9 Å². The predicted octanol–water partition coefficient (Wildman–Crippen LogP) is 3.64. The Hall–Kier alpha value is -2.83. The summed E-state index contributed by atoms with van der Waals surface area (Å²) in [4.78, 5) is 26.0. The summed E-state index contributed by atoms with van der Waals surface area (Å²) < 4.78 is 39.7. The molecule has 2 N–H and O–H groups in total. The molecule has 1 amide bonds. The van der Waals surface area contributed by atoms with E-state index in [-0.39, 0.29) is 35.2 Å². The van der Waals surface area contributed by atoms with Gasteiger partial charge < -0.3 is 19.4 Å². The van der Waals surface area contributed by atoms with Gasteiger partial charge >= 0.3 is 21.9 Å². The van der Waals surface area contributed by atoms with Gasteiger partial charge in [-0.25, -0.2) is 9.59 Å². The second kappa shape index (κ2) is 12.6. The van der Waals surface area contributed by atoms with Crippen molar-refractivity contribution in [1.29, 1.82) is 0 Å². The third kappa shape index (κ3) is 7.36. The van der Waals surface area contributed by atoms with Crippen LogP contribution in [0.1, 0.15) is 16.7 Å². The van der Waals surface area contributed by atoms with Crippen molar-refractivity contribution in [3.05, 3.63) is 68.5 Å². The molecule has 202 valence electrons. The number of likely N-dealkylation sites (N-methyl/N-ethyl adjacent to an activating group) is 2. The van der Waals surface area contributed by atoms with Gasteiger partial charge in [-0.3, -0.25) is 4.72 Å². The summed E-state index contributed by atoms with van der Waals surface area (Å²) in [5.41, 5.74) is 1.84. The molecule has 37 heavy (non-hydrogen) atoms. The molecule has 0 saturated carbocycles. The Morgan fingerprint density at radius 3 is 2.51 bits per heavy atom. The van der Waals surface area contributed by atoms with E-state index in [0.717, 1.165) is 0 Å². The number of hydrogen-bond donors (Lipinski definition) is 2. The highest BCUT2D eigenvalue weighted by Crippen LogP contribution is 2.32. The van der Waals surface area contributed by atoms with Gasteiger partial charge in [0.1, 0.15) is 5.58 Å². The van der Waals surface area contributed by atoms with Gasteiger partial charge in [0.15, 0.2) is 5.75 Å². The second-order valence-corrected chi connectivity index (χ2v) is 10.6. The number of nitrogens with one attached hydrogen (secondary N) is 2. The first-order valence-corrected chi connectivity index (χ1v) is 12.9. The monoisotopic (exact) mass is 572 g/mol. The second-order valence-electron chi connectivity index (χ2n) is 8.44. The summed E-state index contributed by atoms with van der Waals surface area (Å²) in [6.45, 7) is 2.60. The summed E-state index contributed by atoms with van der Waals surface area (Å²) in [6.07, 6.45) is -0.403. The van der Waals surface area contributed by atoms with Crippen LogP contribution >= 0.6 is 24.0 Å². The minimum atomic E-state index is -3.73. The van der Waals surface area contributed by atoms with Crippen molar-refractivity contribution in [2.24, 2.45) is 0 Å². The summed E-state index contributed by atoms with van der Waals surface area (Å²) in [6, 6.07) is 9.81. The maximum absolute atomic E-state index is 12.8. The maximum Gasteiger partial charge on any atom is 0.414 e. The number of rotatable bonds is 9. The summed E-state index contributed by atoms with van der Waals surface area (Å²) in [5, 5.41) is 3.70. The first-order valence-electron chi connectivity index (χ1n) is 11.1. The molecule has 1 heterocycles. The molecule has 0 radical (unpaired) electrons. The molecule has 0 atom stereocenters. The van der Waals surface area contributed by atoms with E-state index in [9.17, 15) is 18.0 Å². The Bertz CT molecular complexity index is 1440. The normalized spacial score (nSPS) is 11.3. The minimum Gasteiger partial charge on any atom is -0.422 e. The van der Waals surface area contributed by atoms with Gasteiger partial charge in [0.05, 0.1) is 10.7 Å². The highest BCUT2D eigenvalue weighted by atomic mass is 35.5. The van der Waals surface area contributed by atoms with Crippen molar-refractivity contribution in [3.63, 3.8) is 0 Å². The van der Waals surface area contributed by atoms with Crippen LogP contribution in [0.5, 0.6) is 5.75 Å². The predicted molar refractivity (Wildman–Crippen MR) is 148 cm³/mol. The van der Waals surface area contributed by atoms with Crippen LogP contribution < -0.4 is 20.4 Å². The zero-order valence-corrected chi connectivity index (χ0v) is 23.5. The number of carbonyl (C=O) groups is 1. The van der Waals surface area contributed by atoms with Crippen LogP contribution in [-0.2, 0) is 16.6 Å². The van der Waals surface area contributed by atoms with Crippen molar-refractivity contribution >= 4 is 57.0 Å².